The standard InChI is InChI=1S/C16H17N3O4S/c1-4-22-13(20)8-19-16(24)23-15(18-19)14-9(2)11-7-10(21-3)5-6-12(11)17-14/h5-7,17H,4,8H2,1-3H3. The van der Waals surface area contributed by atoms with Gasteiger partial charge in [0.05, 0.1) is 13.7 Å². The number of H-pyrrole nitrogens is 1. The third-order valence-corrected chi connectivity index (χ3v) is 3.96. The van der Waals surface area contributed by atoms with Gasteiger partial charge in [-0.1, -0.05) is 0 Å². The third-order valence-electron chi connectivity index (χ3n) is 3.67. The molecule has 0 aliphatic heterocycles. The molecule has 126 valence electrons. The topological polar surface area (TPSA) is 82.3 Å². The van der Waals surface area contributed by atoms with Gasteiger partial charge in [-0.3, -0.25) is 4.79 Å². The van der Waals surface area contributed by atoms with Crippen molar-refractivity contribution in [3.05, 3.63) is 28.6 Å². The average molecular weight is 347 g/mol. The maximum absolute atomic E-state index is 11.6. The fraction of sp³-hybridized carbons (Fsp3) is 0.312. The fourth-order valence-electron chi connectivity index (χ4n) is 2.48. The summed E-state index contributed by atoms with van der Waals surface area (Å²) in [6, 6.07) is 5.74. The summed E-state index contributed by atoms with van der Waals surface area (Å²) in [4.78, 5) is 15.0. The Bertz CT molecular complexity index is 954. The molecule has 0 amide bonds. The summed E-state index contributed by atoms with van der Waals surface area (Å²) in [5.74, 6) is 0.688. The van der Waals surface area contributed by atoms with Gasteiger partial charge in [0.15, 0.2) is 0 Å². The van der Waals surface area contributed by atoms with Gasteiger partial charge in [0.1, 0.15) is 18.0 Å². The van der Waals surface area contributed by atoms with Crippen molar-refractivity contribution in [1.82, 2.24) is 14.8 Å². The molecule has 2 aromatic heterocycles. The van der Waals surface area contributed by atoms with Gasteiger partial charge in [0, 0.05) is 10.9 Å². The lowest BCUT2D eigenvalue weighted by Crippen LogP contribution is -2.14. The molecule has 0 atom stereocenters. The maximum atomic E-state index is 11.6. The first-order chi connectivity index (χ1) is 11.5. The average Bonchev–Trinajstić information content (AvgIpc) is 3.08. The van der Waals surface area contributed by atoms with E-state index < -0.39 is 5.97 Å². The van der Waals surface area contributed by atoms with E-state index in [4.69, 9.17) is 26.1 Å². The van der Waals surface area contributed by atoms with Gasteiger partial charge in [-0.15, -0.1) is 5.10 Å². The second kappa shape index (κ2) is 6.48. The predicted octanol–water partition coefficient (Wildman–Crippen LogP) is 3.23. The number of methoxy groups -OCH3 is 1. The highest BCUT2D eigenvalue weighted by atomic mass is 32.1. The van der Waals surface area contributed by atoms with E-state index in [1.807, 2.05) is 25.1 Å². The zero-order valence-electron chi connectivity index (χ0n) is 13.6. The molecule has 0 saturated carbocycles. The number of carbonyl (C=O) groups excluding carboxylic acids is 1. The highest BCUT2D eigenvalue weighted by Gasteiger charge is 2.17. The molecule has 0 saturated heterocycles. The van der Waals surface area contributed by atoms with Crippen molar-refractivity contribution in [3.8, 4) is 17.3 Å². The fourth-order valence-corrected chi connectivity index (χ4v) is 2.67. The number of aromatic amines is 1. The van der Waals surface area contributed by atoms with Crippen molar-refractivity contribution < 1.29 is 18.7 Å². The first-order valence-corrected chi connectivity index (χ1v) is 7.84. The number of esters is 1. The summed E-state index contributed by atoms with van der Waals surface area (Å²) < 4.78 is 17.0. The van der Waals surface area contributed by atoms with Crippen LogP contribution in [0.15, 0.2) is 22.6 Å². The molecule has 0 bridgehead atoms. The quantitative estimate of drug-likeness (QED) is 0.564. The third kappa shape index (κ3) is 2.92. The largest absolute Gasteiger partial charge is 0.497 e. The zero-order valence-corrected chi connectivity index (χ0v) is 14.4. The van der Waals surface area contributed by atoms with E-state index in [-0.39, 0.29) is 11.4 Å². The molecule has 3 rings (SSSR count). The molecule has 0 spiro atoms. The summed E-state index contributed by atoms with van der Waals surface area (Å²) in [5, 5.41) is 5.29. The number of benzene rings is 1. The summed E-state index contributed by atoms with van der Waals surface area (Å²) in [5.41, 5.74) is 2.61. The van der Waals surface area contributed by atoms with E-state index in [0.29, 0.717) is 18.2 Å². The van der Waals surface area contributed by atoms with Gasteiger partial charge in [-0.2, -0.15) is 0 Å². The maximum Gasteiger partial charge on any atom is 0.327 e. The Morgan fingerprint density at radius 3 is 2.96 bits per heavy atom. The second-order valence-corrected chi connectivity index (χ2v) is 5.52. The monoisotopic (exact) mass is 347 g/mol. The lowest BCUT2D eigenvalue weighted by Gasteiger charge is -1.99. The van der Waals surface area contributed by atoms with E-state index in [2.05, 4.69) is 10.1 Å². The van der Waals surface area contributed by atoms with Crippen LogP contribution < -0.4 is 4.74 Å². The number of aryl methyl sites for hydroxylation is 1. The Balaban J connectivity index is 2.00. The van der Waals surface area contributed by atoms with Crippen molar-refractivity contribution in [2.24, 2.45) is 0 Å². The van der Waals surface area contributed by atoms with Gasteiger partial charge in [-0.05, 0) is 49.8 Å². The molecule has 3 aromatic rings. The minimum atomic E-state index is -0.411. The molecule has 2 heterocycles. The van der Waals surface area contributed by atoms with Crippen LogP contribution in [0.4, 0.5) is 0 Å². The molecule has 0 fully saturated rings. The van der Waals surface area contributed by atoms with Gasteiger partial charge in [-0.25, -0.2) is 4.68 Å². The van der Waals surface area contributed by atoms with Crippen molar-refractivity contribution in [3.63, 3.8) is 0 Å². The molecule has 7 nitrogen and oxygen atoms in total. The van der Waals surface area contributed by atoms with Crippen LogP contribution in [0.1, 0.15) is 12.5 Å². The lowest BCUT2D eigenvalue weighted by molar-refractivity contribution is -0.144. The minimum Gasteiger partial charge on any atom is -0.497 e. The normalized spacial score (nSPS) is 11.0. The van der Waals surface area contributed by atoms with Gasteiger partial charge in [0.2, 0.25) is 0 Å². The van der Waals surface area contributed by atoms with E-state index >= 15 is 0 Å². The molecule has 0 radical (unpaired) electrons. The summed E-state index contributed by atoms with van der Waals surface area (Å²) in [6.07, 6.45) is 0. The van der Waals surface area contributed by atoms with Crippen molar-refractivity contribution in [2.75, 3.05) is 13.7 Å². The number of carbonyl (C=O) groups is 1. The SMILES string of the molecule is CCOC(=O)Cn1nc(-c2[nH]c3ccc(OC)cc3c2C)oc1=S. The number of ether oxygens (including phenoxy) is 2. The molecule has 1 aromatic carbocycles. The van der Waals surface area contributed by atoms with Crippen LogP contribution in [0.3, 0.4) is 0 Å². The molecule has 24 heavy (non-hydrogen) atoms. The first-order valence-electron chi connectivity index (χ1n) is 7.43. The molecule has 0 aliphatic rings. The number of rotatable bonds is 5. The van der Waals surface area contributed by atoms with Crippen LogP contribution in [0.5, 0.6) is 5.75 Å². The number of hydrogen-bond acceptors (Lipinski definition) is 6. The molecule has 0 unspecified atom stereocenters. The summed E-state index contributed by atoms with van der Waals surface area (Å²) in [7, 11) is 1.62. The molecule has 1 N–H and O–H groups in total. The van der Waals surface area contributed by atoms with Crippen LogP contribution >= 0.6 is 12.2 Å². The number of nitrogens with zero attached hydrogens (tertiary/aromatic N) is 2. The molecular weight excluding hydrogens is 330 g/mol. The van der Waals surface area contributed by atoms with Gasteiger partial charge < -0.3 is 18.9 Å². The Morgan fingerprint density at radius 2 is 2.25 bits per heavy atom. The first kappa shape index (κ1) is 16.3. The van der Waals surface area contributed by atoms with E-state index in [0.717, 1.165) is 22.2 Å². The van der Waals surface area contributed by atoms with Crippen molar-refractivity contribution in [2.45, 2.75) is 20.4 Å². The second-order valence-electron chi connectivity index (χ2n) is 5.17. The molecular formula is C16H17N3O4S. The smallest absolute Gasteiger partial charge is 0.327 e. The van der Waals surface area contributed by atoms with Gasteiger partial charge in [0.25, 0.3) is 10.7 Å². The van der Waals surface area contributed by atoms with Crippen molar-refractivity contribution >= 4 is 29.1 Å². The Hall–Kier alpha value is -2.61. The Morgan fingerprint density at radius 1 is 1.46 bits per heavy atom. The van der Waals surface area contributed by atoms with Gasteiger partial charge >= 0.3 is 5.97 Å². The van der Waals surface area contributed by atoms with Crippen LogP contribution in [-0.2, 0) is 16.1 Å². The van der Waals surface area contributed by atoms with Crippen molar-refractivity contribution in [1.29, 1.82) is 0 Å². The summed E-state index contributed by atoms with van der Waals surface area (Å²) >= 11 is 5.13. The van der Waals surface area contributed by atoms with E-state index in [1.165, 1.54) is 4.68 Å². The number of hydrogen-bond donors (Lipinski definition) is 1. The Labute approximate surface area is 143 Å². The highest BCUT2D eigenvalue weighted by Crippen LogP contribution is 2.31. The zero-order chi connectivity index (χ0) is 17.3. The molecule has 0 aliphatic carbocycles. The molecule has 8 heteroatoms. The number of fused-ring (bicyclic) bond motifs is 1. The predicted molar refractivity (Wildman–Crippen MR) is 90.5 cm³/mol. The van der Waals surface area contributed by atoms with Crippen LogP contribution in [0.25, 0.3) is 22.5 Å². The van der Waals surface area contributed by atoms with E-state index in [1.54, 1.807) is 14.0 Å². The minimum absolute atomic E-state index is 0.0801. The highest BCUT2D eigenvalue weighted by molar-refractivity contribution is 7.71. The lowest BCUT2D eigenvalue weighted by atomic mass is 10.1. The van der Waals surface area contributed by atoms with E-state index in [9.17, 15) is 4.79 Å². The van der Waals surface area contributed by atoms with Crippen LogP contribution in [0, 0.1) is 11.8 Å². The Kier molecular flexibility index (Phi) is 4.39. The number of nitrogens with one attached hydrogen (secondary N) is 1. The number of aromatic nitrogens is 3. The van der Waals surface area contributed by atoms with Crippen LogP contribution in [0.2, 0.25) is 0 Å². The van der Waals surface area contributed by atoms with Crippen LogP contribution in [-0.4, -0.2) is 34.5 Å². The summed E-state index contributed by atoms with van der Waals surface area (Å²) in [6.45, 7) is 3.92.